The molecule has 1 N–H and O–H groups in total. The number of nitrogens with zero attached hydrogens (tertiary/aromatic N) is 2. The summed E-state index contributed by atoms with van der Waals surface area (Å²) in [6, 6.07) is 14.1. The van der Waals surface area contributed by atoms with Crippen molar-refractivity contribution >= 4 is 17.4 Å². The summed E-state index contributed by atoms with van der Waals surface area (Å²) >= 11 is 6.46. The Morgan fingerprint density at radius 2 is 1.71 bits per heavy atom. The summed E-state index contributed by atoms with van der Waals surface area (Å²) < 4.78 is 18.8. The first-order valence-electron chi connectivity index (χ1n) is 9.43. The van der Waals surface area contributed by atoms with Gasteiger partial charge in [-0.2, -0.15) is 0 Å². The summed E-state index contributed by atoms with van der Waals surface area (Å²) in [4.78, 5) is 8.57. The number of rotatable bonds is 7. The average molecular weight is 398 g/mol. The molecule has 0 aliphatic heterocycles. The molecule has 0 spiro atoms. The van der Waals surface area contributed by atoms with Gasteiger partial charge in [0, 0.05) is 0 Å². The molecule has 0 amide bonds. The summed E-state index contributed by atoms with van der Waals surface area (Å²) in [5.74, 6) is 2.26. The highest BCUT2D eigenvalue weighted by Crippen LogP contribution is 2.43. The topological polar surface area (TPSA) is 47.0 Å². The summed E-state index contributed by atoms with van der Waals surface area (Å²) in [5, 5.41) is 4.10. The minimum Gasteiger partial charge on any atom is -0.457 e. The van der Waals surface area contributed by atoms with Crippen molar-refractivity contribution in [1.82, 2.24) is 9.97 Å². The highest BCUT2D eigenvalue weighted by Gasteiger charge is 2.33. The third-order valence-electron chi connectivity index (χ3n) is 4.87. The second-order valence-corrected chi connectivity index (χ2v) is 7.30. The van der Waals surface area contributed by atoms with E-state index in [4.69, 9.17) is 16.3 Å². The van der Waals surface area contributed by atoms with Crippen LogP contribution in [0.15, 0.2) is 54.9 Å². The lowest BCUT2D eigenvalue weighted by molar-refractivity contribution is 0.480. The van der Waals surface area contributed by atoms with Gasteiger partial charge in [-0.1, -0.05) is 30.7 Å². The van der Waals surface area contributed by atoms with Gasteiger partial charge in [-0.3, -0.25) is 0 Å². The van der Waals surface area contributed by atoms with Crippen molar-refractivity contribution in [3.63, 3.8) is 0 Å². The lowest BCUT2D eigenvalue weighted by atomic mass is 10.0. The molecule has 4 nitrogen and oxygen atoms in total. The fraction of sp³-hybridized carbons (Fsp3) is 0.273. The number of aromatic nitrogens is 2. The van der Waals surface area contributed by atoms with Crippen molar-refractivity contribution in [3.05, 3.63) is 77.0 Å². The van der Waals surface area contributed by atoms with Crippen molar-refractivity contribution in [2.24, 2.45) is 5.92 Å². The van der Waals surface area contributed by atoms with Crippen LogP contribution in [0, 0.1) is 11.7 Å². The highest BCUT2D eigenvalue weighted by atomic mass is 35.5. The van der Waals surface area contributed by atoms with Gasteiger partial charge in [-0.15, -0.1) is 0 Å². The van der Waals surface area contributed by atoms with Crippen LogP contribution in [0.4, 0.5) is 10.2 Å². The molecule has 144 valence electrons. The van der Waals surface area contributed by atoms with E-state index >= 15 is 0 Å². The van der Waals surface area contributed by atoms with Crippen LogP contribution < -0.4 is 10.1 Å². The van der Waals surface area contributed by atoms with Crippen LogP contribution >= 0.6 is 11.6 Å². The largest absolute Gasteiger partial charge is 0.457 e. The maximum atomic E-state index is 13.0. The number of hydrogen-bond donors (Lipinski definition) is 1. The molecule has 0 bridgehead atoms. The molecule has 0 radical (unpaired) electrons. The second-order valence-electron chi connectivity index (χ2n) is 6.92. The third-order valence-corrected chi connectivity index (χ3v) is 5.27. The molecular weight excluding hydrogens is 377 g/mol. The molecule has 4 rings (SSSR count). The van der Waals surface area contributed by atoms with E-state index < -0.39 is 0 Å². The molecule has 1 atom stereocenters. The molecule has 1 aromatic heterocycles. The monoisotopic (exact) mass is 397 g/mol. The molecule has 6 heteroatoms. The SMILES string of the molecule is CCc1ncnc(NC(c2ccc(Oc3ccc(F)cc3)cc2)C2CC2)c1Cl. The van der Waals surface area contributed by atoms with Gasteiger partial charge >= 0.3 is 0 Å². The zero-order chi connectivity index (χ0) is 19.5. The fourth-order valence-electron chi connectivity index (χ4n) is 3.19. The van der Waals surface area contributed by atoms with Crippen LogP contribution in [0.3, 0.4) is 0 Å². The first kappa shape index (κ1) is 18.7. The van der Waals surface area contributed by atoms with E-state index in [0.717, 1.165) is 17.7 Å². The number of benzene rings is 2. The standard InChI is InChI=1S/C22H21ClFN3O/c1-2-19-20(23)22(26-13-25-19)27-21(14-3-4-14)15-5-9-17(10-6-15)28-18-11-7-16(24)8-12-18/h5-14,21H,2-4H2,1H3,(H,25,26,27). The minimum absolute atomic E-state index is 0.136. The van der Waals surface area contributed by atoms with E-state index in [9.17, 15) is 4.39 Å². The van der Waals surface area contributed by atoms with E-state index in [1.807, 2.05) is 31.2 Å². The average Bonchev–Trinajstić information content (AvgIpc) is 3.55. The Labute approximate surface area is 168 Å². The van der Waals surface area contributed by atoms with Crippen LogP contribution in [0.5, 0.6) is 11.5 Å². The highest BCUT2D eigenvalue weighted by molar-refractivity contribution is 6.33. The Hall–Kier alpha value is -2.66. The number of aryl methyl sites for hydroxylation is 1. The number of halogens is 2. The van der Waals surface area contributed by atoms with Gasteiger partial charge in [0.05, 0.1) is 11.7 Å². The van der Waals surface area contributed by atoms with E-state index in [-0.39, 0.29) is 11.9 Å². The Kier molecular flexibility index (Phi) is 5.44. The van der Waals surface area contributed by atoms with E-state index in [1.165, 1.54) is 25.0 Å². The number of anilines is 1. The number of hydrogen-bond acceptors (Lipinski definition) is 4. The predicted molar refractivity (Wildman–Crippen MR) is 108 cm³/mol. The lowest BCUT2D eigenvalue weighted by Crippen LogP contribution is -2.15. The molecule has 2 aromatic carbocycles. The predicted octanol–water partition coefficient (Wildman–Crippen LogP) is 6.19. The van der Waals surface area contributed by atoms with Crippen molar-refractivity contribution < 1.29 is 9.13 Å². The van der Waals surface area contributed by atoms with E-state index in [2.05, 4.69) is 15.3 Å². The van der Waals surface area contributed by atoms with Gasteiger partial charge in [-0.25, -0.2) is 14.4 Å². The summed E-state index contributed by atoms with van der Waals surface area (Å²) in [7, 11) is 0. The molecule has 3 aromatic rings. The Bertz CT molecular complexity index is 943. The molecule has 1 unspecified atom stereocenters. The molecule has 1 aliphatic rings. The van der Waals surface area contributed by atoms with E-state index in [0.29, 0.717) is 28.3 Å². The lowest BCUT2D eigenvalue weighted by Gasteiger charge is -2.21. The zero-order valence-electron chi connectivity index (χ0n) is 15.5. The third kappa shape index (κ3) is 4.25. The van der Waals surface area contributed by atoms with Crippen LogP contribution in [0.1, 0.15) is 37.1 Å². The molecular formula is C22H21ClFN3O. The van der Waals surface area contributed by atoms with Crippen molar-refractivity contribution in [2.75, 3.05) is 5.32 Å². The van der Waals surface area contributed by atoms with Crippen molar-refractivity contribution in [2.45, 2.75) is 32.2 Å². The van der Waals surface area contributed by atoms with Crippen LogP contribution in [-0.4, -0.2) is 9.97 Å². The van der Waals surface area contributed by atoms with Gasteiger partial charge in [0.15, 0.2) is 0 Å². The van der Waals surface area contributed by atoms with Crippen LogP contribution in [-0.2, 0) is 6.42 Å². The Morgan fingerprint density at radius 1 is 1.07 bits per heavy atom. The summed E-state index contributed by atoms with van der Waals surface area (Å²) in [6.45, 7) is 2.02. The Balaban J connectivity index is 1.51. The van der Waals surface area contributed by atoms with Crippen LogP contribution in [0.25, 0.3) is 0 Å². The molecule has 1 fully saturated rings. The zero-order valence-corrected chi connectivity index (χ0v) is 16.3. The summed E-state index contributed by atoms with van der Waals surface area (Å²) in [6.07, 6.45) is 4.67. The quantitative estimate of drug-likeness (QED) is 0.516. The summed E-state index contributed by atoms with van der Waals surface area (Å²) in [5.41, 5.74) is 2.00. The van der Waals surface area contributed by atoms with Crippen molar-refractivity contribution in [1.29, 1.82) is 0 Å². The number of nitrogens with one attached hydrogen (secondary N) is 1. The molecule has 1 heterocycles. The second kappa shape index (κ2) is 8.15. The molecule has 28 heavy (non-hydrogen) atoms. The molecule has 0 saturated heterocycles. The maximum Gasteiger partial charge on any atom is 0.149 e. The molecule has 1 aliphatic carbocycles. The number of ether oxygens (including phenoxy) is 1. The van der Waals surface area contributed by atoms with Gasteiger partial charge in [0.25, 0.3) is 0 Å². The smallest absolute Gasteiger partial charge is 0.149 e. The molecule has 1 saturated carbocycles. The normalized spacial score (nSPS) is 14.5. The first-order chi connectivity index (χ1) is 13.6. The first-order valence-corrected chi connectivity index (χ1v) is 9.81. The fourth-order valence-corrected chi connectivity index (χ4v) is 3.47. The van der Waals surface area contributed by atoms with Crippen molar-refractivity contribution in [3.8, 4) is 11.5 Å². The Morgan fingerprint density at radius 3 is 2.32 bits per heavy atom. The van der Waals surface area contributed by atoms with Gasteiger partial charge in [-0.05, 0) is 67.1 Å². The van der Waals surface area contributed by atoms with Crippen LogP contribution in [0.2, 0.25) is 5.02 Å². The maximum absolute atomic E-state index is 13.0. The van der Waals surface area contributed by atoms with Gasteiger partial charge in [0.2, 0.25) is 0 Å². The van der Waals surface area contributed by atoms with Gasteiger partial charge in [0.1, 0.15) is 34.5 Å². The van der Waals surface area contributed by atoms with E-state index in [1.54, 1.807) is 18.5 Å². The van der Waals surface area contributed by atoms with Gasteiger partial charge < -0.3 is 10.1 Å². The minimum atomic E-state index is -0.282.